The van der Waals surface area contributed by atoms with Gasteiger partial charge in [0.15, 0.2) is 11.6 Å². The maximum Gasteiger partial charge on any atom is 0.284 e. The van der Waals surface area contributed by atoms with E-state index in [2.05, 4.69) is 20.6 Å². The van der Waals surface area contributed by atoms with Crippen LogP contribution in [-0.4, -0.2) is 44.0 Å². The van der Waals surface area contributed by atoms with Gasteiger partial charge in [-0.25, -0.2) is 9.97 Å². The summed E-state index contributed by atoms with van der Waals surface area (Å²) in [5, 5.41) is 8.05. The smallest absolute Gasteiger partial charge is 0.284 e. The number of hydrogen-bond acceptors (Lipinski definition) is 6. The number of rotatable bonds is 5. The van der Waals surface area contributed by atoms with Gasteiger partial charge in [-0.15, -0.1) is 24.8 Å². The minimum absolute atomic E-state index is 0. The maximum absolute atomic E-state index is 12.0. The predicted molar refractivity (Wildman–Crippen MR) is 167 cm³/mol. The van der Waals surface area contributed by atoms with Crippen molar-refractivity contribution < 1.29 is 9.59 Å². The largest absolute Gasteiger partial charge is 0.363 e. The van der Waals surface area contributed by atoms with Crippen LogP contribution in [0.1, 0.15) is 67.2 Å². The van der Waals surface area contributed by atoms with Crippen LogP contribution in [0.25, 0.3) is 11.1 Å². The molecule has 0 spiro atoms. The first kappa shape index (κ1) is 31.8. The standard InChI is InChI=1S/C28H28Cl2N8O2.2ClH/c1-37-17-9-11-33-21(23(17)35-27(37)25(31)39)15-7-3-5-13(19(15)29)14-6-4-8-16(20(14)30)22-24-18(10-12-34-22)38(2)28(36-24)26(32)40;;/h3-8,21-22,33-34H,9-12H2,1-2H3,(H2,31,39)(H2,32,40);2*1H. The summed E-state index contributed by atoms with van der Waals surface area (Å²) in [5.74, 6) is -0.714. The van der Waals surface area contributed by atoms with E-state index in [-0.39, 0.29) is 48.5 Å². The quantitative estimate of drug-likeness (QED) is 0.259. The second kappa shape index (κ2) is 12.2. The van der Waals surface area contributed by atoms with Crippen LogP contribution >= 0.6 is 48.0 Å². The van der Waals surface area contributed by atoms with Gasteiger partial charge in [-0.05, 0) is 11.1 Å². The highest BCUT2D eigenvalue weighted by molar-refractivity contribution is 6.37. The Bertz CT molecular complexity index is 1580. The average Bonchev–Trinajstić information content (AvgIpc) is 3.47. The van der Waals surface area contributed by atoms with Gasteiger partial charge in [0.25, 0.3) is 11.8 Å². The molecule has 2 atom stereocenters. The van der Waals surface area contributed by atoms with Gasteiger partial charge in [0.2, 0.25) is 0 Å². The molecule has 4 heterocycles. The van der Waals surface area contributed by atoms with E-state index in [1.165, 1.54) is 0 Å². The Kier molecular flexibility index (Phi) is 9.27. The Labute approximate surface area is 265 Å². The monoisotopic (exact) mass is 650 g/mol. The molecule has 42 heavy (non-hydrogen) atoms. The maximum atomic E-state index is 12.0. The predicted octanol–water partition coefficient (Wildman–Crippen LogP) is 3.64. The minimum atomic E-state index is -0.575. The topological polar surface area (TPSA) is 146 Å². The van der Waals surface area contributed by atoms with Crippen molar-refractivity contribution in [3.63, 3.8) is 0 Å². The molecule has 2 aliphatic heterocycles. The normalized spacial score (nSPS) is 17.4. The lowest BCUT2D eigenvalue weighted by molar-refractivity contribution is 0.0979. The fourth-order valence-corrected chi connectivity index (χ4v) is 6.61. The molecule has 0 saturated carbocycles. The third-order valence-electron chi connectivity index (χ3n) is 7.87. The third-order valence-corrected chi connectivity index (χ3v) is 8.71. The van der Waals surface area contributed by atoms with E-state index in [9.17, 15) is 9.59 Å². The molecule has 6 rings (SSSR count). The van der Waals surface area contributed by atoms with E-state index in [1.54, 1.807) is 23.2 Å². The second-order valence-corrected chi connectivity index (χ2v) is 10.8. The fourth-order valence-electron chi connectivity index (χ4n) is 5.94. The van der Waals surface area contributed by atoms with Gasteiger partial charge in [0, 0.05) is 62.5 Å². The molecule has 222 valence electrons. The van der Waals surface area contributed by atoms with Crippen LogP contribution in [0.2, 0.25) is 10.0 Å². The van der Waals surface area contributed by atoms with E-state index < -0.39 is 11.8 Å². The van der Waals surface area contributed by atoms with Crippen LogP contribution in [0.3, 0.4) is 0 Å². The zero-order valence-electron chi connectivity index (χ0n) is 22.8. The van der Waals surface area contributed by atoms with E-state index in [0.29, 0.717) is 23.1 Å². The molecule has 2 unspecified atom stereocenters. The number of imidazole rings is 2. The molecule has 2 aromatic carbocycles. The third kappa shape index (κ3) is 5.06. The first-order chi connectivity index (χ1) is 19.2. The van der Waals surface area contributed by atoms with Gasteiger partial charge in [-0.3, -0.25) is 9.59 Å². The van der Waals surface area contributed by atoms with Crippen molar-refractivity contribution in [2.75, 3.05) is 13.1 Å². The summed E-state index contributed by atoms with van der Waals surface area (Å²) < 4.78 is 3.52. The molecule has 14 heteroatoms. The Morgan fingerprint density at radius 2 is 1.14 bits per heavy atom. The highest BCUT2D eigenvalue weighted by atomic mass is 35.5. The summed E-state index contributed by atoms with van der Waals surface area (Å²) in [4.78, 5) is 33.1. The molecule has 0 fully saturated rings. The number of carbonyl (C=O) groups excluding carboxylic acids is 2. The van der Waals surface area contributed by atoms with Gasteiger partial charge in [0.05, 0.1) is 33.5 Å². The summed E-state index contributed by atoms with van der Waals surface area (Å²) in [5.41, 5.74) is 17.7. The summed E-state index contributed by atoms with van der Waals surface area (Å²) in [6, 6.07) is 11.0. The number of halogens is 4. The lowest BCUT2D eigenvalue weighted by Gasteiger charge is -2.27. The zero-order valence-corrected chi connectivity index (χ0v) is 25.9. The molecule has 6 N–H and O–H groups in total. The molecule has 0 radical (unpaired) electrons. The fraction of sp³-hybridized carbons (Fsp3) is 0.286. The highest BCUT2D eigenvalue weighted by Gasteiger charge is 2.32. The van der Waals surface area contributed by atoms with Gasteiger partial charge in [-0.1, -0.05) is 59.6 Å². The van der Waals surface area contributed by atoms with Crippen molar-refractivity contribution in [1.29, 1.82) is 0 Å². The Morgan fingerprint density at radius 1 is 0.762 bits per heavy atom. The molecule has 2 amide bonds. The van der Waals surface area contributed by atoms with Crippen molar-refractivity contribution in [2.45, 2.75) is 24.9 Å². The van der Waals surface area contributed by atoms with Crippen molar-refractivity contribution in [2.24, 2.45) is 25.6 Å². The molecular formula is C28H30Cl4N8O2. The molecule has 0 saturated heterocycles. The second-order valence-electron chi connectivity index (χ2n) is 10.1. The number of hydrogen-bond donors (Lipinski definition) is 4. The Morgan fingerprint density at radius 3 is 1.50 bits per heavy atom. The number of benzene rings is 2. The first-order valence-corrected chi connectivity index (χ1v) is 13.7. The summed E-state index contributed by atoms with van der Waals surface area (Å²) in [7, 11) is 3.60. The van der Waals surface area contributed by atoms with Crippen LogP contribution in [0.15, 0.2) is 36.4 Å². The summed E-state index contributed by atoms with van der Waals surface area (Å²) in [6.45, 7) is 1.39. The Hall–Kier alpha value is -3.12. The van der Waals surface area contributed by atoms with E-state index in [1.807, 2.05) is 36.4 Å². The number of nitrogens with zero attached hydrogens (tertiary/aromatic N) is 4. The van der Waals surface area contributed by atoms with Crippen LogP contribution in [0.5, 0.6) is 0 Å². The van der Waals surface area contributed by atoms with Gasteiger partial charge < -0.3 is 31.2 Å². The van der Waals surface area contributed by atoms with Crippen LogP contribution < -0.4 is 22.1 Å². The first-order valence-electron chi connectivity index (χ1n) is 12.9. The number of carbonyl (C=O) groups is 2. The lowest BCUT2D eigenvalue weighted by Crippen LogP contribution is -2.31. The number of aromatic nitrogens is 4. The van der Waals surface area contributed by atoms with Crippen molar-refractivity contribution in [3.8, 4) is 11.1 Å². The number of nitrogens with two attached hydrogens (primary N) is 2. The molecular weight excluding hydrogens is 622 g/mol. The van der Waals surface area contributed by atoms with Gasteiger partial charge in [0.1, 0.15) is 0 Å². The van der Waals surface area contributed by atoms with Crippen LogP contribution in [-0.2, 0) is 26.9 Å². The van der Waals surface area contributed by atoms with Crippen molar-refractivity contribution >= 4 is 59.8 Å². The lowest BCUT2D eigenvalue weighted by atomic mass is 9.92. The van der Waals surface area contributed by atoms with E-state index in [4.69, 9.17) is 34.7 Å². The minimum Gasteiger partial charge on any atom is -0.363 e. The number of amides is 2. The van der Waals surface area contributed by atoms with E-state index in [0.717, 1.165) is 57.9 Å². The van der Waals surface area contributed by atoms with Crippen molar-refractivity contribution in [1.82, 2.24) is 29.7 Å². The SMILES string of the molecule is Cl.Cl.Cn1c(C(N)=O)nc2c1CCNC2c1cccc(-c2cccc(C3NCCc4c3nc(C(N)=O)n4C)c2Cl)c1Cl. The molecule has 0 bridgehead atoms. The van der Waals surface area contributed by atoms with Gasteiger partial charge >= 0.3 is 0 Å². The average molecular weight is 652 g/mol. The summed E-state index contributed by atoms with van der Waals surface area (Å²) in [6.07, 6.45) is 1.43. The number of nitrogens with one attached hydrogen (secondary N) is 2. The molecule has 2 aromatic heterocycles. The molecule has 2 aliphatic rings. The highest BCUT2D eigenvalue weighted by Crippen LogP contribution is 2.43. The van der Waals surface area contributed by atoms with Crippen LogP contribution in [0.4, 0.5) is 0 Å². The Balaban J connectivity index is 0.00000202. The molecule has 0 aliphatic carbocycles. The van der Waals surface area contributed by atoms with E-state index >= 15 is 0 Å². The van der Waals surface area contributed by atoms with Crippen LogP contribution in [0, 0.1) is 0 Å². The summed E-state index contributed by atoms with van der Waals surface area (Å²) >= 11 is 14.2. The molecule has 10 nitrogen and oxygen atoms in total. The number of primary amides is 2. The molecule has 4 aromatic rings. The number of fused-ring (bicyclic) bond motifs is 2. The zero-order chi connectivity index (χ0) is 28.3. The van der Waals surface area contributed by atoms with Crippen molar-refractivity contribution in [3.05, 3.63) is 92.0 Å². The van der Waals surface area contributed by atoms with Gasteiger partial charge in [-0.2, -0.15) is 0 Å².